The van der Waals surface area contributed by atoms with Crippen LogP contribution in [0.1, 0.15) is 12.5 Å². The van der Waals surface area contributed by atoms with Crippen LogP contribution in [0.3, 0.4) is 0 Å². The Morgan fingerprint density at radius 2 is 1.95 bits per heavy atom. The van der Waals surface area contributed by atoms with Gasteiger partial charge in [0.25, 0.3) is 0 Å². The van der Waals surface area contributed by atoms with Crippen LogP contribution in [0.25, 0.3) is 0 Å². The third-order valence-corrected chi connectivity index (χ3v) is 3.22. The van der Waals surface area contributed by atoms with Gasteiger partial charge >= 0.3 is 0 Å². The molecule has 1 amide bonds. The maximum Gasteiger partial charge on any atom is 0.221 e. The van der Waals surface area contributed by atoms with Gasteiger partial charge in [-0.15, -0.1) is 0 Å². The van der Waals surface area contributed by atoms with Gasteiger partial charge in [0.1, 0.15) is 5.82 Å². The highest BCUT2D eigenvalue weighted by molar-refractivity contribution is 9.10. The Labute approximate surface area is 125 Å². The van der Waals surface area contributed by atoms with Gasteiger partial charge in [-0.05, 0) is 29.8 Å². The van der Waals surface area contributed by atoms with Crippen LogP contribution in [-0.2, 0) is 11.3 Å². The molecule has 0 aliphatic carbocycles. The van der Waals surface area contributed by atoms with Gasteiger partial charge in [-0.25, -0.2) is 4.39 Å². The number of nitrogens with one attached hydrogen (secondary N) is 2. The van der Waals surface area contributed by atoms with Crippen LogP contribution in [0.2, 0.25) is 0 Å². The predicted molar refractivity (Wildman–Crippen MR) is 82.2 cm³/mol. The second-order valence-corrected chi connectivity index (χ2v) is 5.23. The molecular weight excluding hydrogens is 323 g/mol. The van der Waals surface area contributed by atoms with E-state index >= 15 is 0 Å². The van der Waals surface area contributed by atoms with Crippen LogP contribution >= 0.6 is 15.9 Å². The molecular formula is C15H14BrFN2O. The van der Waals surface area contributed by atoms with Crippen molar-refractivity contribution in [1.29, 1.82) is 0 Å². The predicted octanol–water partition coefficient (Wildman–Crippen LogP) is 4.16. The summed E-state index contributed by atoms with van der Waals surface area (Å²) in [5, 5.41) is 5.78. The van der Waals surface area contributed by atoms with Crippen LogP contribution in [-0.4, -0.2) is 5.91 Å². The van der Waals surface area contributed by atoms with E-state index < -0.39 is 0 Å². The first-order valence-electron chi connectivity index (χ1n) is 6.10. The smallest absolute Gasteiger partial charge is 0.221 e. The van der Waals surface area contributed by atoms with Crippen LogP contribution in [0.15, 0.2) is 46.9 Å². The molecule has 3 nitrogen and oxygen atoms in total. The fourth-order valence-corrected chi connectivity index (χ4v) is 2.14. The lowest BCUT2D eigenvalue weighted by Crippen LogP contribution is -2.10. The standard InChI is InChI=1S/C15H14BrFN2O/c1-10(20)19-14-5-3-2-4-11(14)9-18-15-7-6-12(16)8-13(15)17/h2-8,18H,9H2,1H3,(H,19,20). The molecule has 0 saturated carbocycles. The number of carbonyl (C=O) groups is 1. The van der Waals surface area contributed by atoms with Gasteiger partial charge in [0.15, 0.2) is 0 Å². The van der Waals surface area contributed by atoms with Crippen molar-refractivity contribution in [3.8, 4) is 0 Å². The molecule has 104 valence electrons. The first kappa shape index (κ1) is 14.5. The Hall–Kier alpha value is -1.88. The summed E-state index contributed by atoms with van der Waals surface area (Å²) >= 11 is 3.22. The zero-order valence-electron chi connectivity index (χ0n) is 10.9. The van der Waals surface area contributed by atoms with Gasteiger partial charge in [0.05, 0.1) is 5.69 Å². The van der Waals surface area contributed by atoms with Crippen LogP contribution in [0, 0.1) is 5.82 Å². The number of hydrogen-bond donors (Lipinski definition) is 2. The fourth-order valence-electron chi connectivity index (χ4n) is 1.81. The SMILES string of the molecule is CC(=O)Nc1ccccc1CNc1ccc(Br)cc1F. The number of rotatable bonds is 4. The normalized spacial score (nSPS) is 10.2. The molecule has 2 N–H and O–H groups in total. The van der Waals surface area contributed by atoms with Crippen molar-refractivity contribution in [2.75, 3.05) is 10.6 Å². The van der Waals surface area contributed by atoms with E-state index in [4.69, 9.17) is 0 Å². The Kier molecular flexibility index (Phi) is 4.74. The highest BCUT2D eigenvalue weighted by atomic mass is 79.9. The number of anilines is 2. The molecule has 0 saturated heterocycles. The van der Waals surface area contributed by atoms with Crippen molar-refractivity contribution in [3.05, 3.63) is 58.3 Å². The van der Waals surface area contributed by atoms with Crippen molar-refractivity contribution in [2.45, 2.75) is 13.5 Å². The molecule has 0 unspecified atom stereocenters. The lowest BCUT2D eigenvalue weighted by atomic mass is 10.1. The topological polar surface area (TPSA) is 41.1 Å². The fraction of sp³-hybridized carbons (Fsp3) is 0.133. The van der Waals surface area contributed by atoms with Gasteiger partial charge in [0, 0.05) is 23.6 Å². The zero-order valence-corrected chi connectivity index (χ0v) is 12.5. The van der Waals surface area contributed by atoms with Gasteiger partial charge in [0.2, 0.25) is 5.91 Å². The summed E-state index contributed by atoms with van der Waals surface area (Å²) in [7, 11) is 0. The van der Waals surface area contributed by atoms with Crippen molar-refractivity contribution in [2.24, 2.45) is 0 Å². The van der Waals surface area contributed by atoms with E-state index in [1.165, 1.54) is 13.0 Å². The van der Waals surface area contributed by atoms with E-state index in [-0.39, 0.29) is 11.7 Å². The van der Waals surface area contributed by atoms with E-state index in [9.17, 15) is 9.18 Å². The molecule has 2 aromatic carbocycles. The molecule has 2 aromatic rings. The minimum atomic E-state index is -0.323. The molecule has 0 aliphatic rings. The highest BCUT2D eigenvalue weighted by Crippen LogP contribution is 2.21. The molecule has 0 fully saturated rings. The quantitative estimate of drug-likeness (QED) is 0.880. The van der Waals surface area contributed by atoms with Crippen molar-refractivity contribution >= 4 is 33.2 Å². The summed E-state index contributed by atoms with van der Waals surface area (Å²) in [6, 6.07) is 12.3. The molecule has 0 atom stereocenters. The van der Waals surface area contributed by atoms with Gasteiger partial charge in [-0.2, -0.15) is 0 Å². The third-order valence-electron chi connectivity index (χ3n) is 2.73. The second kappa shape index (κ2) is 6.52. The average Bonchev–Trinajstić information content (AvgIpc) is 2.39. The van der Waals surface area contributed by atoms with Crippen molar-refractivity contribution in [3.63, 3.8) is 0 Å². The molecule has 2 rings (SSSR count). The Morgan fingerprint density at radius 3 is 2.65 bits per heavy atom. The summed E-state index contributed by atoms with van der Waals surface area (Å²) < 4.78 is 14.4. The summed E-state index contributed by atoms with van der Waals surface area (Å²) in [4.78, 5) is 11.1. The zero-order chi connectivity index (χ0) is 14.5. The lowest BCUT2D eigenvalue weighted by molar-refractivity contribution is -0.114. The summed E-state index contributed by atoms with van der Waals surface area (Å²) in [5.74, 6) is -0.455. The van der Waals surface area contributed by atoms with E-state index in [1.807, 2.05) is 24.3 Å². The molecule has 0 aromatic heterocycles. The van der Waals surface area contributed by atoms with Crippen molar-refractivity contribution in [1.82, 2.24) is 0 Å². The Bertz CT molecular complexity index is 631. The molecule has 0 bridgehead atoms. The number of benzene rings is 2. The second-order valence-electron chi connectivity index (χ2n) is 4.32. The van der Waals surface area contributed by atoms with Crippen LogP contribution in [0.5, 0.6) is 0 Å². The first-order valence-corrected chi connectivity index (χ1v) is 6.90. The van der Waals surface area contributed by atoms with Crippen molar-refractivity contribution < 1.29 is 9.18 Å². The number of halogens is 2. The third kappa shape index (κ3) is 3.81. The van der Waals surface area contributed by atoms with Gasteiger partial charge in [-0.1, -0.05) is 34.1 Å². The Balaban J connectivity index is 2.12. The number of hydrogen-bond acceptors (Lipinski definition) is 2. The number of amides is 1. The minimum absolute atomic E-state index is 0.132. The minimum Gasteiger partial charge on any atom is -0.379 e. The maximum absolute atomic E-state index is 13.7. The number of carbonyl (C=O) groups excluding carboxylic acids is 1. The summed E-state index contributed by atoms with van der Waals surface area (Å²) in [5.41, 5.74) is 2.04. The van der Waals surface area contributed by atoms with Gasteiger partial charge < -0.3 is 10.6 Å². The molecule has 0 heterocycles. The Morgan fingerprint density at radius 1 is 1.20 bits per heavy atom. The summed E-state index contributed by atoms with van der Waals surface area (Å²) in [6.07, 6.45) is 0. The lowest BCUT2D eigenvalue weighted by Gasteiger charge is -2.12. The van der Waals surface area contributed by atoms with E-state index in [2.05, 4.69) is 26.6 Å². The van der Waals surface area contributed by atoms with E-state index in [0.29, 0.717) is 16.7 Å². The molecule has 20 heavy (non-hydrogen) atoms. The first-order chi connectivity index (χ1) is 9.56. The average molecular weight is 337 g/mol. The molecule has 0 aliphatic heterocycles. The molecule has 0 spiro atoms. The number of para-hydroxylation sites is 1. The maximum atomic E-state index is 13.7. The molecule has 5 heteroatoms. The van der Waals surface area contributed by atoms with Gasteiger partial charge in [-0.3, -0.25) is 4.79 Å². The van der Waals surface area contributed by atoms with Crippen LogP contribution in [0.4, 0.5) is 15.8 Å². The largest absolute Gasteiger partial charge is 0.379 e. The van der Waals surface area contributed by atoms with E-state index in [1.54, 1.807) is 12.1 Å². The monoisotopic (exact) mass is 336 g/mol. The van der Waals surface area contributed by atoms with E-state index in [0.717, 1.165) is 11.3 Å². The highest BCUT2D eigenvalue weighted by Gasteiger charge is 2.05. The molecule has 0 radical (unpaired) electrons. The van der Waals surface area contributed by atoms with Crippen LogP contribution < -0.4 is 10.6 Å². The summed E-state index contributed by atoms with van der Waals surface area (Å²) in [6.45, 7) is 1.88.